The summed E-state index contributed by atoms with van der Waals surface area (Å²) in [6, 6.07) is 11.8. The van der Waals surface area contributed by atoms with Crippen molar-refractivity contribution in [3.8, 4) is 5.75 Å². The molecule has 3 atom stereocenters. The number of carbonyl (C=O) groups is 2. The molecule has 0 bridgehead atoms. The molecule has 1 aromatic heterocycles. The summed E-state index contributed by atoms with van der Waals surface area (Å²) in [4.78, 5) is 33.1. The van der Waals surface area contributed by atoms with E-state index in [9.17, 15) is 9.59 Å². The smallest absolute Gasteiger partial charge is 0.253 e. The summed E-state index contributed by atoms with van der Waals surface area (Å²) in [6.07, 6.45) is 4.11. The minimum absolute atomic E-state index is 0.0376. The third kappa shape index (κ3) is 3.35. The molecule has 0 aliphatic carbocycles. The van der Waals surface area contributed by atoms with Crippen molar-refractivity contribution in [1.82, 2.24) is 14.8 Å². The second-order valence-corrected chi connectivity index (χ2v) is 7.56. The van der Waals surface area contributed by atoms with Crippen LogP contribution in [0.4, 0.5) is 0 Å². The second-order valence-electron chi connectivity index (χ2n) is 7.56. The fourth-order valence-corrected chi connectivity index (χ4v) is 4.66. The largest absolute Gasteiger partial charge is 0.497 e. The Labute approximate surface area is 165 Å². The van der Waals surface area contributed by atoms with E-state index < -0.39 is 0 Å². The molecule has 0 unspecified atom stereocenters. The highest BCUT2D eigenvalue weighted by molar-refractivity contribution is 5.94. The van der Waals surface area contributed by atoms with Crippen LogP contribution in [0.3, 0.4) is 0 Å². The number of piperidine rings is 1. The highest BCUT2D eigenvalue weighted by Crippen LogP contribution is 2.42. The lowest BCUT2D eigenvalue weighted by molar-refractivity contribution is -0.130. The van der Waals surface area contributed by atoms with E-state index >= 15 is 0 Å². The lowest BCUT2D eigenvalue weighted by Crippen LogP contribution is -2.49. The van der Waals surface area contributed by atoms with Crippen molar-refractivity contribution < 1.29 is 14.3 Å². The molecule has 4 rings (SSSR count). The number of pyridine rings is 1. The number of aromatic nitrogens is 1. The average Bonchev–Trinajstić information content (AvgIpc) is 3.13. The summed E-state index contributed by atoms with van der Waals surface area (Å²) in [7, 11) is 1.65. The minimum Gasteiger partial charge on any atom is -0.497 e. The molecule has 2 amide bonds. The molecular weight excluding hydrogens is 354 g/mol. The van der Waals surface area contributed by atoms with Crippen LogP contribution in [0.2, 0.25) is 0 Å². The van der Waals surface area contributed by atoms with Crippen molar-refractivity contribution >= 4 is 11.8 Å². The van der Waals surface area contributed by atoms with E-state index in [0.29, 0.717) is 25.2 Å². The van der Waals surface area contributed by atoms with Crippen molar-refractivity contribution in [1.29, 1.82) is 0 Å². The molecule has 2 aliphatic rings. The molecular formula is C22H25N3O3. The fourth-order valence-electron chi connectivity index (χ4n) is 4.66. The van der Waals surface area contributed by atoms with Crippen LogP contribution in [-0.4, -0.2) is 59.4 Å². The van der Waals surface area contributed by atoms with Gasteiger partial charge in [-0.1, -0.05) is 12.1 Å². The Morgan fingerprint density at radius 3 is 2.43 bits per heavy atom. The number of methoxy groups -OCH3 is 1. The highest BCUT2D eigenvalue weighted by atomic mass is 16.5. The molecule has 2 aliphatic heterocycles. The number of carbonyl (C=O) groups excluding carboxylic acids is 2. The maximum atomic E-state index is 12.9. The molecule has 2 saturated heterocycles. The van der Waals surface area contributed by atoms with Crippen molar-refractivity contribution in [2.45, 2.75) is 25.3 Å². The van der Waals surface area contributed by atoms with Gasteiger partial charge in [0.2, 0.25) is 5.91 Å². The maximum Gasteiger partial charge on any atom is 0.253 e. The SMILES string of the molecule is COc1ccc([C@H]2CN(C(C)=O)[C@@H]3CCN(C(=O)c4ccncc4)C[C@H]23)cc1. The van der Waals surface area contributed by atoms with Crippen LogP contribution in [0.15, 0.2) is 48.8 Å². The summed E-state index contributed by atoms with van der Waals surface area (Å²) in [5.74, 6) is 1.42. The molecule has 0 radical (unpaired) electrons. The van der Waals surface area contributed by atoms with Gasteiger partial charge in [-0.2, -0.15) is 0 Å². The van der Waals surface area contributed by atoms with Crippen LogP contribution >= 0.6 is 0 Å². The van der Waals surface area contributed by atoms with Crippen LogP contribution in [0.25, 0.3) is 0 Å². The Hall–Kier alpha value is -2.89. The molecule has 2 aromatic rings. The summed E-state index contributed by atoms with van der Waals surface area (Å²) < 4.78 is 5.27. The first-order valence-electron chi connectivity index (χ1n) is 9.69. The number of nitrogens with zero attached hydrogens (tertiary/aromatic N) is 3. The van der Waals surface area contributed by atoms with Crippen molar-refractivity contribution in [2.24, 2.45) is 5.92 Å². The van der Waals surface area contributed by atoms with Gasteiger partial charge in [0.25, 0.3) is 5.91 Å². The van der Waals surface area contributed by atoms with Gasteiger partial charge in [0.05, 0.1) is 7.11 Å². The zero-order valence-electron chi connectivity index (χ0n) is 16.2. The summed E-state index contributed by atoms with van der Waals surface area (Å²) in [5.41, 5.74) is 1.86. The van der Waals surface area contributed by atoms with Crippen LogP contribution in [0.5, 0.6) is 5.75 Å². The van der Waals surface area contributed by atoms with Crippen LogP contribution in [0, 0.1) is 5.92 Å². The maximum absolute atomic E-state index is 12.9. The average molecular weight is 379 g/mol. The molecule has 0 saturated carbocycles. The van der Waals surface area contributed by atoms with Crippen molar-refractivity contribution in [3.63, 3.8) is 0 Å². The van der Waals surface area contributed by atoms with Gasteiger partial charge in [0, 0.05) is 62.4 Å². The van der Waals surface area contributed by atoms with E-state index in [2.05, 4.69) is 17.1 Å². The first-order chi connectivity index (χ1) is 13.6. The van der Waals surface area contributed by atoms with E-state index in [4.69, 9.17) is 4.74 Å². The first kappa shape index (κ1) is 18.5. The fraction of sp³-hybridized carbons (Fsp3) is 0.409. The quantitative estimate of drug-likeness (QED) is 0.822. The van der Waals surface area contributed by atoms with Gasteiger partial charge in [-0.05, 0) is 36.2 Å². The zero-order valence-corrected chi connectivity index (χ0v) is 16.2. The predicted octanol–water partition coefficient (Wildman–Crippen LogP) is 2.57. The van der Waals surface area contributed by atoms with Gasteiger partial charge in [0.15, 0.2) is 0 Å². The lowest BCUT2D eigenvalue weighted by atomic mass is 9.81. The van der Waals surface area contributed by atoms with Crippen LogP contribution in [0.1, 0.15) is 35.2 Å². The normalized spacial score (nSPS) is 24.0. The summed E-state index contributed by atoms with van der Waals surface area (Å²) >= 11 is 0. The third-order valence-electron chi connectivity index (χ3n) is 6.09. The van der Waals surface area contributed by atoms with E-state index in [1.54, 1.807) is 38.6 Å². The monoisotopic (exact) mass is 379 g/mol. The molecule has 0 N–H and O–H groups in total. The first-order valence-corrected chi connectivity index (χ1v) is 9.69. The topological polar surface area (TPSA) is 62.7 Å². The molecule has 6 nitrogen and oxygen atoms in total. The van der Waals surface area contributed by atoms with Crippen LogP contribution < -0.4 is 4.74 Å². The summed E-state index contributed by atoms with van der Waals surface area (Å²) in [5, 5.41) is 0. The van der Waals surface area contributed by atoms with Gasteiger partial charge in [0.1, 0.15) is 5.75 Å². The number of hydrogen-bond donors (Lipinski definition) is 0. The molecule has 28 heavy (non-hydrogen) atoms. The second kappa shape index (κ2) is 7.62. The predicted molar refractivity (Wildman–Crippen MR) is 105 cm³/mol. The van der Waals surface area contributed by atoms with Crippen molar-refractivity contribution in [3.05, 3.63) is 59.9 Å². The Kier molecular flexibility index (Phi) is 5.03. The Morgan fingerprint density at radius 2 is 1.79 bits per heavy atom. The lowest BCUT2D eigenvalue weighted by Gasteiger charge is -2.38. The minimum atomic E-state index is 0.0376. The Morgan fingerprint density at radius 1 is 1.07 bits per heavy atom. The number of ether oxygens (including phenoxy) is 1. The molecule has 6 heteroatoms. The van der Waals surface area contributed by atoms with Gasteiger partial charge < -0.3 is 14.5 Å². The van der Waals surface area contributed by atoms with Crippen LogP contribution in [-0.2, 0) is 4.79 Å². The zero-order chi connectivity index (χ0) is 19.7. The molecule has 2 fully saturated rings. The summed E-state index contributed by atoms with van der Waals surface area (Å²) in [6.45, 7) is 3.67. The van der Waals surface area contributed by atoms with Crippen molar-refractivity contribution in [2.75, 3.05) is 26.7 Å². The third-order valence-corrected chi connectivity index (χ3v) is 6.09. The number of hydrogen-bond acceptors (Lipinski definition) is 4. The van der Waals surface area contributed by atoms with Gasteiger partial charge in [-0.3, -0.25) is 14.6 Å². The van der Waals surface area contributed by atoms with E-state index in [0.717, 1.165) is 12.2 Å². The van der Waals surface area contributed by atoms with Gasteiger partial charge in [-0.25, -0.2) is 0 Å². The molecule has 3 heterocycles. The molecule has 146 valence electrons. The van der Waals surface area contributed by atoms with E-state index in [1.165, 1.54) is 5.56 Å². The van der Waals surface area contributed by atoms with E-state index in [-0.39, 0.29) is 29.7 Å². The Balaban J connectivity index is 1.59. The van der Waals surface area contributed by atoms with E-state index in [1.807, 2.05) is 21.9 Å². The molecule has 0 spiro atoms. The van der Waals surface area contributed by atoms with Gasteiger partial charge in [-0.15, -0.1) is 0 Å². The number of rotatable bonds is 3. The number of likely N-dealkylation sites (tertiary alicyclic amines) is 2. The number of fused-ring (bicyclic) bond motifs is 1. The number of benzene rings is 1. The number of amides is 2. The van der Waals surface area contributed by atoms with Gasteiger partial charge >= 0.3 is 0 Å². The highest BCUT2D eigenvalue weighted by Gasteiger charge is 2.46. The Bertz CT molecular complexity index is 853. The molecule has 1 aromatic carbocycles. The standard InChI is InChI=1S/C22H25N3O3/c1-15(26)25-14-19(16-3-5-18(28-2)6-4-16)20-13-24(12-9-21(20)25)22(27)17-7-10-23-11-8-17/h3-8,10-11,19-21H,9,12-14H2,1-2H3/t19-,20-,21-/m1/s1.